The molecule has 0 saturated heterocycles. The molecular formula is C10H14N4O2S. The molecule has 0 aliphatic heterocycles. The summed E-state index contributed by atoms with van der Waals surface area (Å²) in [6.45, 7) is 5.81. The van der Waals surface area contributed by atoms with Gasteiger partial charge in [0.1, 0.15) is 0 Å². The van der Waals surface area contributed by atoms with E-state index < -0.39 is 0 Å². The fourth-order valence-electron chi connectivity index (χ4n) is 1.28. The number of hydrogen-bond acceptors (Lipinski definition) is 7. The second-order valence-corrected chi connectivity index (χ2v) is 4.94. The first-order chi connectivity index (χ1) is 8.19. The quantitative estimate of drug-likeness (QED) is 0.759. The predicted octanol–water partition coefficient (Wildman–Crippen LogP) is 2.57. The average molecular weight is 254 g/mol. The molecule has 17 heavy (non-hydrogen) atoms. The van der Waals surface area contributed by atoms with Crippen LogP contribution < -0.4 is 0 Å². The molecule has 1 atom stereocenters. The van der Waals surface area contributed by atoms with E-state index in [0.29, 0.717) is 22.8 Å². The minimum atomic E-state index is 0.0300. The van der Waals surface area contributed by atoms with Crippen LogP contribution in [0.3, 0.4) is 0 Å². The molecule has 7 heteroatoms. The standard InChI is InChI=1S/C10H14N4O2S/c1-4-5-8-12-13-10(15-8)17-6(2)9-11-7(3)16-14-9/h6H,4-5H2,1-3H3/t6-/m0/s1. The minimum absolute atomic E-state index is 0.0300. The lowest BCUT2D eigenvalue weighted by molar-refractivity contribution is 0.387. The molecule has 0 aromatic carbocycles. The Balaban J connectivity index is 1.99. The summed E-state index contributed by atoms with van der Waals surface area (Å²) < 4.78 is 10.4. The van der Waals surface area contributed by atoms with Crippen LogP contribution in [0.25, 0.3) is 0 Å². The highest BCUT2D eigenvalue weighted by molar-refractivity contribution is 7.99. The number of nitrogens with zero attached hydrogens (tertiary/aromatic N) is 4. The molecule has 0 unspecified atom stereocenters. The third kappa shape index (κ3) is 3.06. The van der Waals surface area contributed by atoms with Gasteiger partial charge >= 0.3 is 0 Å². The van der Waals surface area contributed by atoms with Crippen LogP contribution in [-0.2, 0) is 6.42 Å². The third-order valence-electron chi connectivity index (χ3n) is 2.10. The SMILES string of the molecule is CCCc1nnc(S[C@@H](C)c2noc(C)n2)o1. The summed E-state index contributed by atoms with van der Waals surface area (Å²) in [7, 11) is 0. The van der Waals surface area contributed by atoms with Crippen LogP contribution >= 0.6 is 11.8 Å². The lowest BCUT2D eigenvalue weighted by atomic mass is 10.3. The highest BCUT2D eigenvalue weighted by atomic mass is 32.2. The summed E-state index contributed by atoms with van der Waals surface area (Å²) in [5.74, 6) is 1.87. The number of aryl methyl sites for hydroxylation is 2. The smallest absolute Gasteiger partial charge is 0.277 e. The zero-order chi connectivity index (χ0) is 12.3. The van der Waals surface area contributed by atoms with Crippen molar-refractivity contribution in [3.63, 3.8) is 0 Å². The molecule has 0 aliphatic rings. The van der Waals surface area contributed by atoms with Gasteiger partial charge in [0.25, 0.3) is 5.22 Å². The summed E-state index contributed by atoms with van der Waals surface area (Å²) in [6.07, 6.45) is 1.80. The van der Waals surface area contributed by atoms with Crippen molar-refractivity contribution < 1.29 is 8.94 Å². The van der Waals surface area contributed by atoms with Gasteiger partial charge in [-0.2, -0.15) is 4.98 Å². The molecule has 0 fully saturated rings. The normalized spacial score (nSPS) is 12.9. The molecular weight excluding hydrogens is 240 g/mol. The van der Waals surface area contributed by atoms with Crippen molar-refractivity contribution in [2.75, 3.05) is 0 Å². The third-order valence-corrected chi connectivity index (χ3v) is 3.03. The zero-order valence-corrected chi connectivity index (χ0v) is 10.8. The van der Waals surface area contributed by atoms with Gasteiger partial charge in [-0.25, -0.2) is 0 Å². The van der Waals surface area contributed by atoms with Crippen LogP contribution in [0.1, 0.15) is 43.1 Å². The van der Waals surface area contributed by atoms with Gasteiger partial charge < -0.3 is 8.94 Å². The Morgan fingerprint density at radius 2 is 2.18 bits per heavy atom. The van der Waals surface area contributed by atoms with E-state index in [1.165, 1.54) is 11.8 Å². The summed E-state index contributed by atoms with van der Waals surface area (Å²) in [6, 6.07) is 0. The van der Waals surface area contributed by atoms with Crippen molar-refractivity contribution in [2.24, 2.45) is 0 Å². The highest BCUT2D eigenvalue weighted by Crippen LogP contribution is 2.32. The van der Waals surface area contributed by atoms with Gasteiger partial charge in [0.2, 0.25) is 11.8 Å². The first-order valence-corrected chi connectivity index (χ1v) is 6.36. The molecule has 0 radical (unpaired) electrons. The van der Waals surface area contributed by atoms with Crippen LogP contribution in [0.15, 0.2) is 14.2 Å². The van der Waals surface area contributed by atoms with Crippen LogP contribution in [0.4, 0.5) is 0 Å². The molecule has 0 aliphatic carbocycles. The van der Waals surface area contributed by atoms with Crippen LogP contribution in [0.5, 0.6) is 0 Å². The molecule has 0 saturated carbocycles. The number of hydrogen-bond donors (Lipinski definition) is 0. The van der Waals surface area contributed by atoms with E-state index in [1.807, 2.05) is 6.92 Å². The van der Waals surface area contributed by atoms with Crippen molar-refractivity contribution >= 4 is 11.8 Å². The number of thioether (sulfide) groups is 1. The van der Waals surface area contributed by atoms with E-state index in [4.69, 9.17) is 8.94 Å². The van der Waals surface area contributed by atoms with Gasteiger partial charge in [0.15, 0.2) is 5.82 Å². The monoisotopic (exact) mass is 254 g/mol. The Kier molecular flexibility index (Phi) is 3.78. The summed E-state index contributed by atoms with van der Waals surface area (Å²) in [4.78, 5) is 4.16. The van der Waals surface area contributed by atoms with Gasteiger partial charge in [0.05, 0.1) is 5.25 Å². The Labute approximate surface area is 103 Å². The minimum Gasteiger partial charge on any atom is -0.416 e. The van der Waals surface area contributed by atoms with Crippen molar-refractivity contribution in [3.05, 3.63) is 17.6 Å². The molecule has 0 spiro atoms. The van der Waals surface area contributed by atoms with Gasteiger partial charge in [-0.15, -0.1) is 10.2 Å². The molecule has 92 valence electrons. The second kappa shape index (κ2) is 5.31. The fraction of sp³-hybridized carbons (Fsp3) is 0.600. The Hall–Kier alpha value is -1.37. The second-order valence-electron chi connectivity index (χ2n) is 3.64. The summed E-state index contributed by atoms with van der Waals surface area (Å²) in [5, 5.41) is 12.4. The van der Waals surface area contributed by atoms with E-state index in [-0.39, 0.29) is 5.25 Å². The summed E-state index contributed by atoms with van der Waals surface area (Å²) >= 11 is 1.43. The predicted molar refractivity (Wildman–Crippen MR) is 61.6 cm³/mol. The number of rotatable bonds is 5. The van der Waals surface area contributed by atoms with Gasteiger partial charge in [0, 0.05) is 13.3 Å². The lowest BCUT2D eigenvalue weighted by Crippen LogP contribution is -1.91. The van der Waals surface area contributed by atoms with E-state index in [2.05, 4.69) is 27.3 Å². The molecule has 0 bridgehead atoms. The van der Waals surface area contributed by atoms with Crippen molar-refractivity contribution in [3.8, 4) is 0 Å². The zero-order valence-electron chi connectivity index (χ0n) is 10.0. The maximum absolute atomic E-state index is 5.48. The highest BCUT2D eigenvalue weighted by Gasteiger charge is 2.17. The van der Waals surface area contributed by atoms with Gasteiger partial charge in [-0.3, -0.25) is 0 Å². The van der Waals surface area contributed by atoms with E-state index in [1.54, 1.807) is 6.92 Å². The average Bonchev–Trinajstić information content (AvgIpc) is 2.88. The Morgan fingerprint density at radius 1 is 1.35 bits per heavy atom. The van der Waals surface area contributed by atoms with E-state index >= 15 is 0 Å². The molecule has 2 aromatic heterocycles. The van der Waals surface area contributed by atoms with Crippen LogP contribution in [0.2, 0.25) is 0 Å². The van der Waals surface area contributed by atoms with Crippen molar-refractivity contribution in [1.29, 1.82) is 0 Å². The lowest BCUT2D eigenvalue weighted by Gasteiger charge is -2.00. The molecule has 6 nitrogen and oxygen atoms in total. The topological polar surface area (TPSA) is 77.8 Å². The van der Waals surface area contributed by atoms with E-state index in [9.17, 15) is 0 Å². The maximum Gasteiger partial charge on any atom is 0.277 e. The first kappa shape index (κ1) is 12.1. The van der Waals surface area contributed by atoms with Crippen molar-refractivity contribution in [1.82, 2.24) is 20.3 Å². The van der Waals surface area contributed by atoms with E-state index in [0.717, 1.165) is 12.8 Å². The Bertz CT molecular complexity index is 482. The first-order valence-electron chi connectivity index (χ1n) is 5.48. The molecule has 2 rings (SSSR count). The largest absolute Gasteiger partial charge is 0.416 e. The molecule has 0 N–H and O–H groups in total. The maximum atomic E-state index is 5.48. The van der Waals surface area contributed by atoms with Gasteiger partial charge in [-0.05, 0) is 13.3 Å². The summed E-state index contributed by atoms with van der Waals surface area (Å²) in [5.41, 5.74) is 0. The van der Waals surface area contributed by atoms with Crippen LogP contribution in [-0.4, -0.2) is 20.3 Å². The molecule has 2 aromatic rings. The molecule has 0 amide bonds. The van der Waals surface area contributed by atoms with Gasteiger partial charge in [-0.1, -0.05) is 23.8 Å². The van der Waals surface area contributed by atoms with Crippen molar-refractivity contribution in [2.45, 2.75) is 44.1 Å². The fourth-order valence-corrected chi connectivity index (χ4v) is 2.02. The Morgan fingerprint density at radius 3 is 2.82 bits per heavy atom. The molecule has 2 heterocycles. The van der Waals surface area contributed by atoms with Crippen LogP contribution in [0, 0.1) is 6.92 Å². The number of aromatic nitrogens is 4.